The summed E-state index contributed by atoms with van der Waals surface area (Å²) in [6, 6.07) is 6.16. The van der Waals surface area contributed by atoms with E-state index in [1.165, 1.54) is 4.90 Å². The average Bonchev–Trinajstić information content (AvgIpc) is 3.59. The van der Waals surface area contributed by atoms with Crippen molar-refractivity contribution in [3.63, 3.8) is 0 Å². The second kappa shape index (κ2) is 16.6. The maximum absolute atomic E-state index is 13.7. The summed E-state index contributed by atoms with van der Waals surface area (Å²) in [5.41, 5.74) is 4.13. The van der Waals surface area contributed by atoms with Crippen LogP contribution in [-0.4, -0.2) is 96.5 Å². The summed E-state index contributed by atoms with van der Waals surface area (Å²) < 4.78 is 11.3. The first-order chi connectivity index (χ1) is 20.5. The molecule has 0 unspecified atom stereocenters. The van der Waals surface area contributed by atoms with Gasteiger partial charge >= 0.3 is 0 Å². The number of thiazole rings is 1. The highest BCUT2D eigenvalue weighted by Crippen LogP contribution is 2.28. The summed E-state index contributed by atoms with van der Waals surface area (Å²) in [5, 5.41) is 19.4. The lowest BCUT2D eigenvalue weighted by molar-refractivity contribution is -0.144. The fraction of sp³-hybridized carbons (Fsp3) is 0.613. The Morgan fingerprint density at radius 1 is 1.16 bits per heavy atom. The number of β-amino-alcohol motifs (C(OH)–C–C–N with tert-alkyl or cyclic N) is 1. The zero-order valence-corrected chi connectivity index (χ0v) is 27.6. The van der Waals surface area contributed by atoms with Crippen molar-refractivity contribution < 1.29 is 29.0 Å². The first-order valence-corrected chi connectivity index (χ1v) is 15.9. The SMILES string of the molecule is Cc1ncsc1-c1ccc(CNC(=O)[C@@H]2C[C@@H](O)CN2C(=O)[C@@H](NC(=O)COCCOC2CCNCC2)C(C)(C)C)cc1.Cl. The molecule has 3 heterocycles. The van der Waals surface area contributed by atoms with Gasteiger partial charge in [-0.2, -0.15) is 0 Å². The topological polar surface area (TPSA) is 142 Å². The van der Waals surface area contributed by atoms with Crippen LogP contribution in [0.25, 0.3) is 10.4 Å². The van der Waals surface area contributed by atoms with Gasteiger partial charge in [0.1, 0.15) is 18.7 Å². The van der Waals surface area contributed by atoms with Crippen molar-refractivity contribution in [2.24, 2.45) is 5.41 Å². The molecule has 4 N–H and O–H groups in total. The Bertz CT molecular complexity index is 1230. The van der Waals surface area contributed by atoms with Gasteiger partial charge < -0.3 is 35.4 Å². The van der Waals surface area contributed by atoms with Gasteiger partial charge in [0.15, 0.2) is 0 Å². The van der Waals surface area contributed by atoms with Crippen LogP contribution >= 0.6 is 23.7 Å². The first-order valence-electron chi connectivity index (χ1n) is 15.0. The smallest absolute Gasteiger partial charge is 0.246 e. The van der Waals surface area contributed by atoms with Gasteiger partial charge in [0.05, 0.1) is 41.5 Å². The minimum atomic E-state index is -0.905. The van der Waals surface area contributed by atoms with Crippen LogP contribution in [0.4, 0.5) is 0 Å². The van der Waals surface area contributed by atoms with Gasteiger partial charge in [-0.3, -0.25) is 14.4 Å². The number of benzene rings is 1. The number of carbonyl (C=O) groups excluding carboxylic acids is 3. The van der Waals surface area contributed by atoms with Crippen molar-refractivity contribution in [2.75, 3.05) is 39.5 Å². The number of carbonyl (C=O) groups is 3. The van der Waals surface area contributed by atoms with Gasteiger partial charge in [-0.15, -0.1) is 23.7 Å². The van der Waals surface area contributed by atoms with E-state index in [4.69, 9.17) is 9.47 Å². The van der Waals surface area contributed by atoms with Crippen molar-refractivity contribution in [3.8, 4) is 10.4 Å². The lowest BCUT2D eigenvalue weighted by Crippen LogP contribution is -2.58. The minimum Gasteiger partial charge on any atom is -0.391 e. The molecule has 2 saturated heterocycles. The lowest BCUT2D eigenvalue weighted by atomic mass is 9.85. The molecule has 0 radical (unpaired) electrons. The Morgan fingerprint density at radius 3 is 2.50 bits per heavy atom. The Hall–Kier alpha value is -2.61. The monoisotopic (exact) mass is 651 g/mol. The van der Waals surface area contributed by atoms with Crippen LogP contribution < -0.4 is 16.0 Å². The number of aromatic nitrogens is 1. The number of aryl methyl sites for hydroxylation is 1. The molecule has 0 saturated carbocycles. The zero-order chi connectivity index (χ0) is 31.0. The van der Waals surface area contributed by atoms with Gasteiger partial charge in [-0.05, 0) is 49.4 Å². The van der Waals surface area contributed by atoms with Crippen LogP contribution in [0.1, 0.15) is 51.3 Å². The third-order valence-corrected chi connectivity index (χ3v) is 8.79. The highest BCUT2D eigenvalue weighted by atomic mass is 35.5. The maximum Gasteiger partial charge on any atom is 0.246 e. The molecule has 2 aromatic rings. The van der Waals surface area contributed by atoms with Gasteiger partial charge in [0.25, 0.3) is 0 Å². The second-order valence-electron chi connectivity index (χ2n) is 12.3. The molecule has 1 aromatic carbocycles. The maximum atomic E-state index is 13.7. The minimum absolute atomic E-state index is 0. The van der Waals surface area contributed by atoms with E-state index < -0.39 is 35.4 Å². The van der Waals surface area contributed by atoms with Crippen LogP contribution in [0, 0.1) is 12.3 Å². The van der Waals surface area contributed by atoms with Gasteiger partial charge in [0, 0.05) is 19.5 Å². The highest BCUT2D eigenvalue weighted by molar-refractivity contribution is 7.13. The number of hydrogen-bond acceptors (Lipinski definition) is 9. The van der Waals surface area contributed by atoms with E-state index >= 15 is 0 Å². The Morgan fingerprint density at radius 2 is 1.86 bits per heavy atom. The fourth-order valence-corrected chi connectivity index (χ4v) is 6.20. The largest absolute Gasteiger partial charge is 0.391 e. The van der Waals surface area contributed by atoms with Crippen LogP contribution in [0.2, 0.25) is 0 Å². The van der Waals surface area contributed by atoms with Crippen molar-refractivity contribution >= 4 is 41.5 Å². The quantitative estimate of drug-likeness (QED) is 0.257. The number of halogens is 1. The number of amides is 3. The van der Waals surface area contributed by atoms with E-state index in [2.05, 4.69) is 20.9 Å². The van der Waals surface area contributed by atoms with Gasteiger partial charge in [0.2, 0.25) is 17.7 Å². The standard InChI is InChI=1S/C31H45N5O6S.ClH/c1-20-27(43-19-34-20)22-7-5-21(6-8-22)16-33-29(39)25-15-23(37)17-36(25)30(40)28(31(2,3)4)35-26(38)18-41-13-14-42-24-9-11-32-12-10-24;/h5-8,19,23-25,28,32,37H,9-18H2,1-4H3,(H,33,39)(H,35,38);1H/t23-,25+,28-;/m1./s1. The molecule has 2 fully saturated rings. The summed E-state index contributed by atoms with van der Waals surface area (Å²) in [5.74, 6) is -1.17. The predicted octanol–water partition coefficient (Wildman–Crippen LogP) is 2.43. The number of rotatable bonds is 12. The van der Waals surface area contributed by atoms with Crippen molar-refractivity contribution in [1.29, 1.82) is 0 Å². The molecular formula is C31H46ClN5O6S. The Kier molecular flexibility index (Phi) is 13.6. The molecule has 44 heavy (non-hydrogen) atoms. The third kappa shape index (κ3) is 9.95. The molecule has 2 aliphatic heterocycles. The average molecular weight is 652 g/mol. The predicted molar refractivity (Wildman–Crippen MR) is 172 cm³/mol. The number of aliphatic hydroxyl groups is 1. The van der Waals surface area contributed by atoms with Crippen LogP contribution in [-0.2, 0) is 30.4 Å². The van der Waals surface area contributed by atoms with Crippen LogP contribution in [0.5, 0.6) is 0 Å². The van der Waals surface area contributed by atoms with Gasteiger partial charge in [-0.1, -0.05) is 45.0 Å². The number of hydrogen-bond donors (Lipinski definition) is 4. The summed E-state index contributed by atoms with van der Waals surface area (Å²) >= 11 is 1.58. The Balaban J connectivity index is 0.00000529. The third-order valence-electron chi connectivity index (χ3n) is 7.81. The first kappa shape index (κ1) is 35.9. The highest BCUT2D eigenvalue weighted by Gasteiger charge is 2.44. The molecule has 2 aliphatic rings. The zero-order valence-electron chi connectivity index (χ0n) is 26.0. The molecular weight excluding hydrogens is 606 g/mol. The summed E-state index contributed by atoms with van der Waals surface area (Å²) in [7, 11) is 0. The second-order valence-corrected chi connectivity index (χ2v) is 13.2. The van der Waals surface area contributed by atoms with Crippen LogP contribution in [0.15, 0.2) is 29.8 Å². The summed E-state index contributed by atoms with van der Waals surface area (Å²) in [6.07, 6.45) is 1.43. The molecule has 0 aliphatic carbocycles. The van der Waals surface area contributed by atoms with E-state index in [-0.39, 0.29) is 57.1 Å². The van der Waals surface area contributed by atoms with Crippen molar-refractivity contribution in [3.05, 3.63) is 41.0 Å². The van der Waals surface area contributed by atoms with E-state index in [1.54, 1.807) is 11.3 Å². The number of aliphatic hydroxyl groups excluding tert-OH is 1. The molecule has 0 spiro atoms. The van der Waals surface area contributed by atoms with Crippen LogP contribution in [0.3, 0.4) is 0 Å². The number of likely N-dealkylation sites (tertiary alicyclic amines) is 1. The number of nitrogens with one attached hydrogen (secondary N) is 3. The van der Waals surface area contributed by atoms with E-state index in [0.29, 0.717) is 6.61 Å². The van der Waals surface area contributed by atoms with Crippen molar-refractivity contribution in [1.82, 2.24) is 25.8 Å². The van der Waals surface area contributed by atoms with Gasteiger partial charge in [-0.25, -0.2) is 4.98 Å². The molecule has 3 amide bonds. The summed E-state index contributed by atoms with van der Waals surface area (Å²) in [6.45, 7) is 10.2. The molecule has 1 aromatic heterocycles. The normalized spacial score (nSPS) is 19.7. The number of nitrogens with zero attached hydrogens (tertiary/aromatic N) is 2. The molecule has 3 atom stereocenters. The van der Waals surface area contributed by atoms with E-state index in [0.717, 1.165) is 47.6 Å². The summed E-state index contributed by atoms with van der Waals surface area (Å²) in [4.78, 5) is 46.5. The molecule has 4 rings (SSSR count). The number of ether oxygens (including phenoxy) is 2. The van der Waals surface area contributed by atoms with E-state index in [1.807, 2.05) is 57.5 Å². The molecule has 11 nitrogen and oxygen atoms in total. The van der Waals surface area contributed by atoms with Crippen molar-refractivity contribution in [2.45, 2.75) is 77.8 Å². The number of piperidine rings is 1. The molecule has 0 bridgehead atoms. The molecule has 244 valence electrons. The lowest BCUT2D eigenvalue weighted by Gasteiger charge is -2.35. The Labute approximate surface area is 269 Å². The van der Waals surface area contributed by atoms with E-state index in [9.17, 15) is 19.5 Å². The fourth-order valence-electron chi connectivity index (χ4n) is 5.38. The molecule has 13 heteroatoms.